The van der Waals surface area contributed by atoms with E-state index in [9.17, 15) is 8.42 Å². The van der Waals surface area contributed by atoms with E-state index in [-0.39, 0.29) is 12.1 Å². The largest absolute Gasteiger partial charge is 0.360 e. The van der Waals surface area contributed by atoms with Gasteiger partial charge in [0, 0.05) is 18.7 Å². The first-order valence-electron chi connectivity index (χ1n) is 6.42. The molecular formula is C11H18N4O3S. The van der Waals surface area contributed by atoms with Crippen LogP contribution in [0.4, 0.5) is 0 Å². The van der Waals surface area contributed by atoms with Gasteiger partial charge in [-0.3, -0.25) is 0 Å². The van der Waals surface area contributed by atoms with Crippen LogP contribution < -0.4 is 10.0 Å². The molecule has 3 rings (SSSR count). The Bertz CT molecular complexity index is 544. The van der Waals surface area contributed by atoms with Crippen LogP contribution in [0.1, 0.15) is 25.5 Å². The zero-order chi connectivity index (χ0) is 13.5. The minimum absolute atomic E-state index is 0.238. The van der Waals surface area contributed by atoms with Gasteiger partial charge in [0.25, 0.3) is 10.2 Å². The van der Waals surface area contributed by atoms with Crippen molar-refractivity contribution >= 4 is 10.2 Å². The van der Waals surface area contributed by atoms with Gasteiger partial charge in [-0.2, -0.15) is 12.7 Å². The second kappa shape index (κ2) is 4.55. The molecule has 2 N–H and O–H groups in total. The molecule has 19 heavy (non-hydrogen) atoms. The summed E-state index contributed by atoms with van der Waals surface area (Å²) in [6.07, 6.45) is 3.13. The molecule has 1 aromatic heterocycles. The Balaban J connectivity index is 1.91. The number of nitrogens with zero attached hydrogens (tertiary/aromatic N) is 2. The van der Waals surface area contributed by atoms with Gasteiger partial charge in [-0.1, -0.05) is 5.16 Å². The van der Waals surface area contributed by atoms with Crippen molar-refractivity contribution in [3.05, 3.63) is 18.0 Å². The highest BCUT2D eigenvalue weighted by atomic mass is 32.2. The third kappa shape index (κ3) is 2.29. The number of hydrogen-bond donors (Lipinski definition) is 2. The molecule has 1 spiro atoms. The first-order chi connectivity index (χ1) is 9.02. The van der Waals surface area contributed by atoms with Crippen molar-refractivity contribution in [3.63, 3.8) is 0 Å². The summed E-state index contributed by atoms with van der Waals surface area (Å²) in [5, 5.41) is 6.99. The lowest BCUT2D eigenvalue weighted by Gasteiger charge is -2.41. The molecule has 0 radical (unpaired) electrons. The number of aromatic nitrogens is 1. The van der Waals surface area contributed by atoms with Gasteiger partial charge < -0.3 is 9.84 Å². The van der Waals surface area contributed by atoms with Crippen LogP contribution in [-0.2, 0) is 16.8 Å². The highest BCUT2D eigenvalue weighted by Crippen LogP contribution is 2.35. The smallest absolute Gasteiger partial charge is 0.280 e. The zero-order valence-corrected chi connectivity index (χ0v) is 11.6. The Labute approximate surface area is 112 Å². The maximum absolute atomic E-state index is 12.2. The van der Waals surface area contributed by atoms with Crippen LogP contribution in [0.3, 0.4) is 0 Å². The van der Waals surface area contributed by atoms with Crippen molar-refractivity contribution in [3.8, 4) is 0 Å². The van der Waals surface area contributed by atoms with Gasteiger partial charge in [-0.15, -0.1) is 0 Å². The van der Waals surface area contributed by atoms with Crippen LogP contribution in [0.2, 0.25) is 0 Å². The molecule has 0 bridgehead atoms. The van der Waals surface area contributed by atoms with Gasteiger partial charge >= 0.3 is 0 Å². The van der Waals surface area contributed by atoms with Gasteiger partial charge in [-0.05, 0) is 26.3 Å². The van der Waals surface area contributed by atoms with E-state index in [1.54, 1.807) is 6.07 Å². The molecule has 2 aliphatic rings. The monoisotopic (exact) mass is 286 g/mol. The predicted molar refractivity (Wildman–Crippen MR) is 68.4 cm³/mol. The fraction of sp³-hybridized carbons (Fsp3) is 0.727. The van der Waals surface area contributed by atoms with E-state index >= 15 is 0 Å². The van der Waals surface area contributed by atoms with Gasteiger partial charge in [0.15, 0.2) is 5.76 Å². The summed E-state index contributed by atoms with van der Waals surface area (Å²) in [6, 6.07) is 2.01. The number of rotatable bonds is 2. The third-order valence-corrected chi connectivity index (χ3v) is 5.57. The molecule has 0 saturated carbocycles. The predicted octanol–water partition coefficient (Wildman–Crippen LogP) is -0.165. The van der Waals surface area contributed by atoms with Crippen molar-refractivity contribution < 1.29 is 12.9 Å². The Morgan fingerprint density at radius 1 is 1.63 bits per heavy atom. The first-order valence-corrected chi connectivity index (χ1v) is 7.86. The molecule has 2 unspecified atom stereocenters. The average Bonchev–Trinajstić information content (AvgIpc) is 2.93. The van der Waals surface area contributed by atoms with Crippen molar-refractivity contribution in [2.45, 2.75) is 37.9 Å². The Kier molecular flexibility index (Phi) is 3.12. The summed E-state index contributed by atoms with van der Waals surface area (Å²) in [7, 11) is -3.43. The topological polar surface area (TPSA) is 87.5 Å². The van der Waals surface area contributed by atoms with Crippen LogP contribution in [0.25, 0.3) is 0 Å². The summed E-state index contributed by atoms with van der Waals surface area (Å²) in [6.45, 7) is 3.61. The molecule has 2 saturated heterocycles. The molecule has 106 valence electrons. The minimum atomic E-state index is -3.43. The van der Waals surface area contributed by atoms with E-state index in [4.69, 9.17) is 4.52 Å². The van der Waals surface area contributed by atoms with Crippen LogP contribution in [0.5, 0.6) is 0 Å². The van der Waals surface area contributed by atoms with Crippen molar-refractivity contribution in [1.29, 1.82) is 0 Å². The average molecular weight is 286 g/mol. The third-order valence-electron chi connectivity index (χ3n) is 3.96. The van der Waals surface area contributed by atoms with Crippen LogP contribution in [0.15, 0.2) is 16.8 Å². The molecule has 7 nitrogen and oxygen atoms in total. The van der Waals surface area contributed by atoms with Crippen molar-refractivity contribution in [1.82, 2.24) is 19.5 Å². The minimum Gasteiger partial charge on any atom is -0.360 e. The van der Waals surface area contributed by atoms with Crippen LogP contribution in [0, 0.1) is 0 Å². The molecule has 2 aliphatic heterocycles. The van der Waals surface area contributed by atoms with Crippen molar-refractivity contribution in [2.75, 3.05) is 13.1 Å². The Morgan fingerprint density at radius 2 is 2.47 bits per heavy atom. The Morgan fingerprint density at radius 3 is 3.16 bits per heavy atom. The van der Waals surface area contributed by atoms with Gasteiger partial charge in [0.05, 0.1) is 18.3 Å². The maximum atomic E-state index is 12.2. The molecule has 0 aromatic carbocycles. The fourth-order valence-electron chi connectivity index (χ4n) is 3.05. The van der Waals surface area contributed by atoms with E-state index in [1.165, 1.54) is 10.5 Å². The van der Waals surface area contributed by atoms with E-state index < -0.39 is 10.2 Å². The maximum Gasteiger partial charge on any atom is 0.280 e. The summed E-state index contributed by atoms with van der Waals surface area (Å²) in [4.78, 5) is 0. The van der Waals surface area contributed by atoms with Crippen LogP contribution >= 0.6 is 0 Å². The molecule has 3 heterocycles. The van der Waals surface area contributed by atoms with Gasteiger partial charge in [0.2, 0.25) is 0 Å². The number of piperidine rings is 1. The van der Waals surface area contributed by atoms with Gasteiger partial charge in [0.1, 0.15) is 0 Å². The van der Waals surface area contributed by atoms with E-state index in [0.717, 1.165) is 19.4 Å². The highest BCUT2D eigenvalue weighted by molar-refractivity contribution is 7.87. The molecule has 0 aliphatic carbocycles. The Hall–Kier alpha value is -0.960. The second-order valence-electron chi connectivity index (χ2n) is 5.35. The lowest BCUT2D eigenvalue weighted by molar-refractivity contribution is 0.128. The normalized spacial score (nSPS) is 34.9. The standard InChI is InChI=1S/C11H18N4O3S/c1-9-6-11(3-5-12-9)8-14-19(16,17)15(11)7-10-2-4-13-18-10/h2,4,9,12,14H,3,5-8H2,1H3. The molecule has 2 fully saturated rings. The summed E-state index contributed by atoms with van der Waals surface area (Å²) < 4.78 is 33.6. The quantitative estimate of drug-likeness (QED) is 0.788. The van der Waals surface area contributed by atoms with Crippen molar-refractivity contribution in [2.24, 2.45) is 0 Å². The van der Waals surface area contributed by atoms with Crippen LogP contribution in [-0.4, -0.2) is 42.5 Å². The summed E-state index contributed by atoms with van der Waals surface area (Å²) >= 11 is 0. The van der Waals surface area contributed by atoms with E-state index in [1.807, 2.05) is 0 Å². The number of hydrogen-bond acceptors (Lipinski definition) is 5. The highest BCUT2D eigenvalue weighted by Gasteiger charge is 2.51. The van der Waals surface area contributed by atoms with E-state index in [0.29, 0.717) is 18.3 Å². The molecule has 2 atom stereocenters. The lowest BCUT2D eigenvalue weighted by atomic mass is 9.84. The second-order valence-corrected chi connectivity index (χ2v) is 7.02. The summed E-state index contributed by atoms with van der Waals surface area (Å²) in [5.41, 5.74) is -0.351. The SMILES string of the molecule is CC1CC2(CCN1)CNS(=O)(=O)N2Cc1ccno1. The first kappa shape index (κ1) is 13.0. The van der Waals surface area contributed by atoms with E-state index in [2.05, 4.69) is 22.1 Å². The number of nitrogens with one attached hydrogen (secondary N) is 2. The zero-order valence-electron chi connectivity index (χ0n) is 10.8. The lowest BCUT2D eigenvalue weighted by Crippen LogP contribution is -2.55. The van der Waals surface area contributed by atoms with Gasteiger partial charge in [-0.25, -0.2) is 4.72 Å². The summed E-state index contributed by atoms with van der Waals surface area (Å²) in [5.74, 6) is 0.567. The molecule has 1 aromatic rings. The molecule has 0 amide bonds. The molecule has 8 heteroatoms. The fourth-order valence-corrected chi connectivity index (χ4v) is 4.69. The molecular weight excluding hydrogens is 268 g/mol.